The predicted molar refractivity (Wildman–Crippen MR) is 117 cm³/mol. The summed E-state index contributed by atoms with van der Waals surface area (Å²) in [7, 11) is 0. The third kappa shape index (κ3) is 7.87. The molecular weight excluding hydrogens is 390 g/mol. The fourth-order valence-electron chi connectivity index (χ4n) is 2.66. The molecule has 2 rings (SSSR count). The number of nitrogens with zero attached hydrogens (tertiary/aromatic N) is 1. The molecule has 0 atom stereocenters. The minimum atomic E-state index is -0.553. The number of nitro benzene ring substituents is 1. The van der Waals surface area contributed by atoms with Gasteiger partial charge in [-0.25, -0.2) is 0 Å². The average Bonchev–Trinajstić information content (AvgIpc) is 2.71. The van der Waals surface area contributed by atoms with Crippen molar-refractivity contribution >= 4 is 34.6 Å². The monoisotopic (exact) mass is 415 g/mol. The van der Waals surface area contributed by atoms with Crippen LogP contribution in [-0.4, -0.2) is 22.5 Å². The highest BCUT2D eigenvalue weighted by molar-refractivity contribution is 7.80. The maximum Gasteiger partial charge on any atom is 0.270 e. The van der Waals surface area contributed by atoms with E-state index in [4.69, 9.17) is 17.0 Å². The van der Waals surface area contributed by atoms with Crippen LogP contribution in [0.4, 0.5) is 11.4 Å². The highest BCUT2D eigenvalue weighted by atomic mass is 32.1. The summed E-state index contributed by atoms with van der Waals surface area (Å²) in [6.45, 7) is 2.84. The summed E-state index contributed by atoms with van der Waals surface area (Å²) in [6, 6.07) is 12.8. The topological polar surface area (TPSA) is 93.5 Å². The first-order valence-corrected chi connectivity index (χ1v) is 10.00. The highest BCUT2D eigenvalue weighted by Gasteiger charge is 2.12. The molecule has 0 saturated carbocycles. The molecule has 0 aliphatic heterocycles. The molecule has 0 spiro atoms. The number of nitro groups is 1. The fourth-order valence-corrected chi connectivity index (χ4v) is 2.87. The third-order valence-electron chi connectivity index (χ3n) is 4.15. The normalized spacial score (nSPS) is 10.2. The van der Waals surface area contributed by atoms with Gasteiger partial charge in [-0.05, 0) is 36.8 Å². The van der Waals surface area contributed by atoms with Gasteiger partial charge in [0.2, 0.25) is 0 Å². The molecule has 0 bridgehead atoms. The molecule has 29 heavy (non-hydrogen) atoms. The molecule has 2 N–H and O–H groups in total. The van der Waals surface area contributed by atoms with Crippen molar-refractivity contribution in [3.63, 3.8) is 0 Å². The van der Waals surface area contributed by atoms with Crippen LogP contribution < -0.4 is 15.4 Å². The smallest absolute Gasteiger partial charge is 0.270 e. The van der Waals surface area contributed by atoms with Gasteiger partial charge < -0.3 is 10.1 Å². The van der Waals surface area contributed by atoms with E-state index in [0.29, 0.717) is 12.3 Å². The number of rotatable bonds is 10. The summed E-state index contributed by atoms with van der Waals surface area (Å²) in [6.07, 6.45) is 5.85. The molecule has 2 aromatic rings. The molecule has 0 aromatic heterocycles. The van der Waals surface area contributed by atoms with E-state index in [2.05, 4.69) is 17.6 Å². The molecule has 0 aliphatic rings. The molecule has 1 amide bonds. The van der Waals surface area contributed by atoms with E-state index in [-0.39, 0.29) is 16.4 Å². The quantitative estimate of drug-likeness (QED) is 0.243. The number of unbranched alkanes of at least 4 members (excludes halogenated alkanes) is 4. The summed E-state index contributed by atoms with van der Waals surface area (Å²) in [5.41, 5.74) is 0.678. The van der Waals surface area contributed by atoms with Crippen molar-refractivity contribution in [2.45, 2.75) is 39.0 Å². The van der Waals surface area contributed by atoms with Gasteiger partial charge in [-0.2, -0.15) is 0 Å². The second-order valence-electron chi connectivity index (χ2n) is 6.51. The number of hydrogen-bond donors (Lipinski definition) is 2. The standard InChI is InChI=1S/C21H25N3O4S/c1-2-3-4-5-6-13-28-19-12-8-10-17(15-19)22-21(29)23-20(25)16-9-7-11-18(14-16)24(26)27/h7-12,14-15H,2-6,13H2,1H3,(H2,22,23,25,29). The van der Waals surface area contributed by atoms with Crippen molar-refractivity contribution in [3.8, 4) is 5.75 Å². The van der Waals surface area contributed by atoms with Gasteiger partial charge in [-0.1, -0.05) is 44.7 Å². The number of anilines is 1. The summed E-state index contributed by atoms with van der Waals surface area (Å²) < 4.78 is 5.76. The molecular formula is C21H25N3O4S. The van der Waals surface area contributed by atoms with E-state index in [9.17, 15) is 14.9 Å². The number of amides is 1. The molecule has 7 nitrogen and oxygen atoms in total. The largest absolute Gasteiger partial charge is 0.494 e. The van der Waals surface area contributed by atoms with Gasteiger partial charge in [-0.3, -0.25) is 20.2 Å². The van der Waals surface area contributed by atoms with E-state index in [1.54, 1.807) is 12.1 Å². The van der Waals surface area contributed by atoms with E-state index in [1.165, 1.54) is 43.5 Å². The number of ether oxygens (including phenoxy) is 1. The summed E-state index contributed by atoms with van der Waals surface area (Å²) in [5, 5.41) is 16.4. The van der Waals surface area contributed by atoms with Crippen LogP contribution in [0.15, 0.2) is 48.5 Å². The Labute approximate surface area is 175 Å². The average molecular weight is 416 g/mol. The zero-order valence-electron chi connectivity index (χ0n) is 16.3. The van der Waals surface area contributed by atoms with Crippen molar-refractivity contribution < 1.29 is 14.5 Å². The molecule has 0 heterocycles. The Kier molecular flexibility index (Phi) is 9.04. The van der Waals surface area contributed by atoms with Crippen molar-refractivity contribution in [2.24, 2.45) is 0 Å². The van der Waals surface area contributed by atoms with Crippen molar-refractivity contribution in [2.75, 3.05) is 11.9 Å². The number of benzene rings is 2. The van der Waals surface area contributed by atoms with Gasteiger partial charge in [-0.15, -0.1) is 0 Å². The zero-order chi connectivity index (χ0) is 21.1. The van der Waals surface area contributed by atoms with Crippen LogP contribution in [0.25, 0.3) is 0 Å². The number of nitrogens with one attached hydrogen (secondary N) is 2. The lowest BCUT2D eigenvalue weighted by Gasteiger charge is -2.11. The number of thiocarbonyl (C=S) groups is 1. The molecule has 8 heteroatoms. The van der Waals surface area contributed by atoms with Gasteiger partial charge in [0.05, 0.1) is 11.5 Å². The van der Waals surface area contributed by atoms with Crippen molar-refractivity contribution in [1.82, 2.24) is 5.32 Å². The SMILES string of the molecule is CCCCCCCOc1cccc(NC(=S)NC(=O)c2cccc([N+](=O)[O-])c2)c1. The lowest BCUT2D eigenvalue weighted by Crippen LogP contribution is -2.34. The number of carbonyl (C=O) groups is 1. The Morgan fingerprint density at radius 2 is 1.86 bits per heavy atom. The summed E-state index contributed by atoms with van der Waals surface area (Å²) in [5.74, 6) is 0.198. The van der Waals surface area contributed by atoms with Gasteiger partial charge in [0, 0.05) is 29.4 Å². The second kappa shape index (κ2) is 11.8. The molecule has 0 saturated heterocycles. The Morgan fingerprint density at radius 3 is 2.62 bits per heavy atom. The van der Waals surface area contributed by atoms with Crippen molar-refractivity contribution in [3.05, 3.63) is 64.2 Å². The zero-order valence-corrected chi connectivity index (χ0v) is 17.2. The van der Waals surface area contributed by atoms with Crippen LogP contribution in [0.5, 0.6) is 5.75 Å². The minimum Gasteiger partial charge on any atom is -0.494 e. The predicted octanol–water partition coefficient (Wildman–Crippen LogP) is 5.07. The van der Waals surface area contributed by atoms with Gasteiger partial charge in [0.25, 0.3) is 11.6 Å². The van der Waals surface area contributed by atoms with Crippen LogP contribution in [-0.2, 0) is 0 Å². The molecule has 0 fully saturated rings. The van der Waals surface area contributed by atoms with Crippen LogP contribution in [0, 0.1) is 10.1 Å². The van der Waals surface area contributed by atoms with Crippen LogP contribution in [0.1, 0.15) is 49.4 Å². The van der Waals surface area contributed by atoms with Gasteiger partial charge in [0.15, 0.2) is 5.11 Å². The Bertz CT molecular complexity index is 857. The first-order chi connectivity index (χ1) is 14.0. The number of hydrogen-bond acceptors (Lipinski definition) is 5. The summed E-state index contributed by atoms with van der Waals surface area (Å²) >= 11 is 5.17. The maximum atomic E-state index is 12.3. The number of carbonyl (C=O) groups excluding carboxylic acids is 1. The van der Waals surface area contributed by atoms with Crippen LogP contribution >= 0.6 is 12.2 Å². The second-order valence-corrected chi connectivity index (χ2v) is 6.91. The Hall–Kier alpha value is -3.00. The Morgan fingerprint density at radius 1 is 1.10 bits per heavy atom. The molecule has 0 radical (unpaired) electrons. The molecule has 0 unspecified atom stereocenters. The van der Waals surface area contributed by atoms with E-state index < -0.39 is 10.8 Å². The van der Waals surface area contributed by atoms with E-state index in [1.807, 2.05) is 12.1 Å². The maximum absolute atomic E-state index is 12.3. The fraction of sp³-hybridized carbons (Fsp3) is 0.333. The molecule has 0 aliphatic carbocycles. The van der Waals surface area contributed by atoms with E-state index >= 15 is 0 Å². The van der Waals surface area contributed by atoms with Crippen LogP contribution in [0.2, 0.25) is 0 Å². The van der Waals surface area contributed by atoms with Gasteiger partial charge >= 0.3 is 0 Å². The highest BCUT2D eigenvalue weighted by Crippen LogP contribution is 2.18. The third-order valence-corrected chi connectivity index (χ3v) is 4.36. The molecule has 154 valence electrons. The van der Waals surface area contributed by atoms with Gasteiger partial charge in [0.1, 0.15) is 5.75 Å². The summed E-state index contributed by atoms with van der Waals surface area (Å²) in [4.78, 5) is 22.5. The Balaban J connectivity index is 1.85. The first kappa shape index (κ1) is 22.3. The lowest BCUT2D eigenvalue weighted by molar-refractivity contribution is -0.384. The van der Waals surface area contributed by atoms with Crippen LogP contribution in [0.3, 0.4) is 0 Å². The molecule has 2 aromatic carbocycles. The lowest BCUT2D eigenvalue weighted by atomic mass is 10.2. The minimum absolute atomic E-state index is 0.0956. The van der Waals surface area contributed by atoms with E-state index in [0.717, 1.165) is 18.6 Å². The number of non-ortho nitro benzene ring substituents is 1. The first-order valence-electron chi connectivity index (χ1n) is 9.59. The van der Waals surface area contributed by atoms with Crippen molar-refractivity contribution in [1.29, 1.82) is 0 Å².